The number of nitrogens with one attached hydrogen (secondary N) is 4. The molecule has 0 unspecified atom stereocenters. The topological polar surface area (TPSA) is 227 Å². The number of carbonyl (C=O) groups is 3. The number of carboxylic acid groups (broad SMARTS) is 3. The summed E-state index contributed by atoms with van der Waals surface area (Å²) in [6.07, 6.45) is 4.98. The second-order valence-electron chi connectivity index (χ2n) is 15.4. The Hall–Kier alpha value is -8.98. The fourth-order valence-electron chi connectivity index (χ4n) is 8.37. The van der Waals surface area contributed by atoms with Crippen LogP contribution < -0.4 is 4.74 Å². The summed E-state index contributed by atoms with van der Waals surface area (Å²) in [5.74, 6) is -2.27. The predicted octanol–water partition coefficient (Wildman–Crippen LogP) is 10.5. The number of ether oxygens (including phenoxy) is 1. The monoisotopic (exact) mass is 864 g/mol. The van der Waals surface area contributed by atoms with E-state index in [0.717, 1.165) is 77.0 Å². The molecule has 0 bridgehead atoms. The van der Waals surface area contributed by atoms with Crippen LogP contribution in [0.4, 0.5) is 0 Å². The standard InChI is InChI=1S/C17H13N3O2.C17H15NO3.C16H12N4O2/c1-9-3-2-4-12-14(16(17(21)22)19-15(9)12)10-5-6-13-11(7-10)8-18-20-13;1-10-6-5-8-12-14(16(17(19)20)18-15(10)12)11-7-3-4-9-13(11)21-2;1-9-3-2-4-11-13(15(16(21)22)19-14(9)11)10-5-6-20-12(7-10)17-8-18-20/h2-8,19H,1H3,(H,18,20)(H,21,22);3-9,18H,1-2H3,(H,19,20);2-8,19H,1H3,(H,21,22). The molecule has 65 heavy (non-hydrogen) atoms. The van der Waals surface area contributed by atoms with Gasteiger partial charge in [-0.3, -0.25) is 5.10 Å². The molecule has 0 radical (unpaired) electrons. The van der Waals surface area contributed by atoms with Crippen molar-refractivity contribution in [1.82, 2.24) is 39.7 Å². The molecule has 322 valence electrons. The maximum absolute atomic E-state index is 11.6. The SMILES string of the molecule is COc1ccccc1-c1c(C(=O)O)[nH]c2c(C)cccc12.Cc1cccc2c(-c3ccc4[nH]ncc4c3)c(C(=O)O)[nH]c12.Cc1cccc2c(-c3ccn4ncnc4c3)c(C(=O)O)[nH]c12. The number of aryl methyl sites for hydroxylation is 3. The summed E-state index contributed by atoms with van der Waals surface area (Å²) in [4.78, 5) is 48.1. The first-order chi connectivity index (χ1) is 31.4. The van der Waals surface area contributed by atoms with Crippen molar-refractivity contribution >= 4 is 67.2 Å². The van der Waals surface area contributed by atoms with Gasteiger partial charge in [0, 0.05) is 66.5 Å². The second-order valence-corrected chi connectivity index (χ2v) is 15.4. The molecule has 0 saturated carbocycles. The number of rotatable bonds is 7. The Morgan fingerprint density at radius 3 is 1.68 bits per heavy atom. The molecule has 0 aliphatic rings. The number of hydrogen-bond acceptors (Lipinski definition) is 7. The number of pyridine rings is 1. The number of fused-ring (bicyclic) bond motifs is 5. The lowest BCUT2D eigenvalue weighted by Gasteiger charge is -2.08. The molecule has 11 rings (SSSR count). The van der Waals surface area contributed by atoms with E-state index in [0.29, 0.717) is 28.1 Å². The Balaban J connectivity index is 0.000000123. The molecule has 15 nitrogen and oxygen atoms in total. The summed E-state index contributed by atoms with van der Waals surface area (Å²) < 4.78 is 7.02. The van der Waals surface area contributed by atoms with Crippen molar-refractivity contribution in [3.05, 3.63) is 162 Å². The fourth-order valence-corrected chi connectivity index (χ4v) is 8.37. The van der Waals surface area contributed by atoms with E-state index in [1.807, 2.05) is 130 Å². The van der Waals surface area contributed by atoms with Crippen LogP contribution in [0.3, 0.4) is 0 Å². The van der Waals surface area contributed by atoms with E-state index in [-0.39, 0.29) is 17.1 Å². The van der Waals surface area contributed by atoms with Gasteiger partial charge in [-0.1, -0.05) is 78.9 Å². The summed E-state index contributed by atoms with van der Waals surface area (Å²) in [5.41, 5.74) is 12.3. The molecular formula is C50H40N8O7. The van der Waals surface area contributed by atoms with Gasteiger partial charge in [0.2, 0.25) is 0 Å². The van der Waals surface area contributed by atoms with E-state index >= 15 is 0 Å². The smallest absolute Gasteiger partial charge is 0.352 e. The molecule has 11 aromatic rings. The number of para-hydroxylation sites is 4. The van der Waals surface area contributed by atoms with Crippen molar-refractivity contribution in [2.45, 2.75) is 20.8 Å². The number of carboxylic acids is 3. The highest BCUT2D eigenvalue weighted by Crippen LogP contribution is 2.39. The van der Waals surface area contributed by atoms with Crippen LogP contribution in [-0.2, 0) is 0 Å². The highest BCUT2D eigenvalue weighted by Gasteiger charge is 2.23. The maximum atomic E-state index is 11.6. The Morgan fingerprint density at radius 1 is 0.600 bits per heavy atom. The van der Waals surface area contributed by atoms with Gasteiger partial charge in [0.15, 0.2) is 5.65 Å². The minimum atomic E-state index is -0.980. The molecule has 0 spiro atoms. The molecular weight excluding hydrogens is 825 g/mol. The van der Waals surface area contributed by atoms with Crippen molar-refractivity contribution < 1.29 is 34.4 Å². The third kappa shape index (κ3) is 7.46. The van der Waals surface area contributed by atoms with Crippen LogP contribution in [0.25, 0.3) is 82.6 Å². The normalized spacial score (nSPS) is 11.1. The molecule has 6 aromatic heterocycles. The van der Waals surface area contributed by atoms with E-state index < -0.39 is 17.9 Å². The van der Waals surface area contributed by atoms with Gasteiger partial charge in [0.05, 0.1) is 18.8 Å². The molecule has 0 fully saturated rings. The summed E-state index contributed by atoms with van der Waals surface area (Å²) in [6, 6.07) is 34.4. The van der Waals surface area contributed by atoms with E-state index in [1.165, 1.54) is 6.33 Å². The van der Waals surface area contributed by atoms with Gasteiger partial charge in [0.1, 0.15) is 29.2 Å². The first kappa shape index (κ1) is 41.4. The number of aromatic nitrogens is 8. The highest BCUT2D eigenvalue weighted by atomic mass is 16.5. The summed E-state index contributed by atoms with van der Waals surface area (Å²) in [7, 11) is 1.58. The zero-order valence-electron chi connectivity index (χ0n) is 35.4. The third-order valence-electron chi connectivity index (χ3n) is 11.4. The average Bonchev–Trinajstić information content (AvgIpc) is 4.15. The van der Waals surface area contributed by atoms with Crippen LogP contribution in [0.15, 0.2) is 128 Å². The first-order valence-corrected chi connectivity index (χ1v) is 20.3. The molecule has 0 amide bonds. The zero-order valence-corrected chi connectivity index (χ0v) is 35.4. The van der Waals surface area contributed by atoms with E-state index in [1.54, 1.807) is 24.0 Å². The van der Waals surface area contributed by atoms with Gasteiger partial charge in [-0.25, -0.2) is 23.9 Å². The minimum absolute atomic E-state index is 0.184. The summed E-state index contributed by atoms with van der Waals surface area (Å²) in [6.45, 7) is 5.87. The number of aromatic amines is 4. The van der Waals surface area contributed by atoms with Gasteiger partial charge < -0.3 is 35.0 Å². The Kier molecular flexibility index (Phi) is 10.6. The average molecular weight is 865 g/mol. The van der Waals surface area contributed by atoms with Gasteiger partial charge in [-0.05, 0) is 78.9 Å². The van der Waals surface area contributed by atoms with Crippen LogP contribution >= 0.6 is 0 Å². The summed E-state index contributed by atoms with van der Waals surface area (Å²) in [5, 5.41) is 43.2. The third-order valence-corrected chi connectivity index (χ3v) is 11.4. The molecule has 0 aliphatic carbocycles. The van der Waals surface area contributed by atoms with Crippen LogP contribution in [0, 0.1) is 20.8 Å². The van der Waals surface area contributed by atoms with Crippen molar-refractivity contribution in [3.8, 4) is 39.1 Å². The minimum Gasteiger partial charge on any atom is -0.496 e. The zero-order chi connectivity index (χ0) is 45.5. The Morgan fingerprint density at radius 2 is 1.12 bits per heavy atom. The van der Waals surface area contributed by atoms with Crippen LogP contribution in [0.2, 0.25) is 0 Å². The predicted molar refractivity (Wildman–Crippen MR) is 249 cm³/mol. The molecule has 7 N–H and O–H groups in total. The van der Waals surface area contributed by atoms with Gasteiger partial charge in [-0.15, -0.1) is 0 Å². The van der Waals surface area contributed by atoms with Gasteiger partial charge >= 0.3 is 17.9 Å². The number of hydrogen-bond donors (Lipinski definition) is 7. The van der Waals surface area contributed by atoms with Crippen molar-refractivity contribution in [2.24, 2.45) is 0 Å². The van der Waals surface area contributed by atoms with Crippen molar-refractivity contribution in [1.29, 1.82) is 0 Å². The fraction of sp³-hybridized carbons (Fsp3) is 0.0800. The maximum Gasteiger partial charge on any atom is 0.352 e. The van der Waals surface area contributed by atoms with E-state index in [2.05, 4.69) is 35.2 Å². The van der Waals surface area contributed by atoms with Gasteiger partial charge in [0.25, 0.3) is 0 Å². The number of benzene rings is 5. The first-order valence-electron chi connectivity index (χ1n) is 20.3. The number of aromatic carboxylic acids is 3. The lowest BCUT2D eigenvalue weighted by atomic mass is 9.99. The quantitative estimate of drug-likeness (QED) is 0.0802. The molecule has 0 aliphatic heterocycles. The molecule has 0 saturated heterocycles. The van der Waals surface area contributed by atoms with Crippen LogP contribution in [0.5, 0.6) is 5.75 Å². The Labute approximate surface area is 369 Å². The van der Waals surface area contributed by atoms with Crippen molar-refractivity contribution in [2.75, 3.05) is 7.11 Å². The molecule has 5 aromatic carbocycles. The van der Waals surface area contributed by atoms with E-state index in [4.69, 9.17) is 4.74 Å². The molecule has 15 heteroatoms. The number of H-pyrrole nitrogens is 4. The number of nitrogens with zero attached hydrogens (tertiary/aromatic N) is 4. The van der Waals surface area contributed by atoms with Crippen LogP contribution in [-0.4, -0.2) is 80.1 Å². The molecule has 6 heterocycles. The largest absolute Gasteiger partial charge is 0.496 e. The summed E-state index contributed by atoms with van der Waals surface area (Å²) >= 11 is 0. The van der Waals surface area contributed by atoms with E-state index in [9.17, 15) is 29.7 Å². The second kappa shape index (κ2) is 16.7. The lowest BCUT2D eigenvalue weighted by molar-refractivity contribution is 0.0681. The van der Waals surface area contributed by atoms with Crippen LogP contribution in [0.1, 0.15) is 48.2 Å². The van der Waals surface area contributed by atoms with Gasteiger partial charge in [-0.2, -0.15) is 10.2 Å². The highest BCUT2D eigenvalue weighted by molar-refractivity contribution is 6.11. The number of methoxy groups -OCH3 is 1. The lowest BCUT2D eigenvalue weighted by Crippen LogP contribution is -1.99. The molecule has 0 atom stereocenters. The Bertz CT molecular complexity index is 3480. The van der Waals surface area contributed by atoms with Crippen molar-refractivity contribution in [3.63, 3.8) is 0 Å².